The minimum absolute atomic E-state index is 0. The van der Waals surface area contributed by atoms with E-state index >= 15 is 0 Å². The number of carboxylic acids is 4. The van der Waals surface area contributed by atoms with E-state index in [1.54, 1.807) is 47.4 Å². The molecule has 667 valence electrons. The van der Waals surface area contributed by atoms with E-state index in [1.165, 1.54) is 0 Å². The Hall–Kier alpha value is -8.82. The number of aryl methyl sites for hydroxylation is 2. The van der Waals surface area contributed by atoms with E-state index in [1.807, 2.05) is 63.2 Å². The van der Waals surface area contributed by atoms with Crippen LogP contribution in [0.1, 0.15) is 203 Å². The number of aliphatic carboxylic acids is 4. The Labute approximate surface area is 748 Å². The maximum Gasteiger partial charge on any atom is 0.373 e. The molecule has 1 heterocycles. The summed E-state index contributed by atoms with van der Waals surface area (Å²) in [5.41, 5.74) is 3.28. The Balaban J connectivity index is 0.0000137. The topological polar surface area (TPSA) is 490 Å². The number of amides is 6. The van der Waals surface area contributed by atoms with Crippen LogP contribution in [0.3, 0.4) is 0 Å². The molecule has 1 aliphatic rings. The van der Waals surface area contributed by atoms with Crippen LogP contribution in [0.2, 0.25) is 0 Å². The molecule has 0 saturated carbocycles. The molecule has 0 spiro atoms. The van der Waals surface area contributed by atoms with Crippen molar-refractivity contribution in [3.63, 3.8) is 0 Å². The summed E-state index contributed by atoms with van der Waals surface area (Å²) in [6.07, 6.45) is 11.8. The van der Waals surface area contributed by atoms with E-state index in [9.17, 15) is 82.8 Å². The standard InChI is InChI=1S/C83H124IN10O17.3CO2.Y/c1-5-24-71(81(107)108)90-83(111)86-44-21-11-20-43-85-75(99)36-19-7-6-15-31-67(95)32-16-9-14-30-64(80(105)106)57-74(98)73(55-62-26-12-8-13-27-62)89-78(103)65(54-63-29-22-25-60(2)53-63)56-69(97)41-42-70(87-76(100)58-93-49-47-91(3)45-46-92(4)48-50-94(52-51-93)59-77(101)102)79(104)88-72(82(109)110)35-18-10-17-33-68(96)34-23-28-61-37-39-66(84)40-38-61;3*2-1-3;/h8,12-13,22,26-27,29,37-40,53,64-65,70-73H,5-7,9-11,14-21,23-24,28,30-36,41-52,54-59H2,1-4H3,(H,85,99)(H,87,100)(H,88,104)(H,89,103)(H,101,102)(H,105,106)(H,107,108)(H,109,110)(H2,86,90,111);;;;/q-1;;;;. The predicted molar refractivity (Wildman–Crippen MR) is 447 cm³/mol. The maximum atomic E-state index is 14.9. The van der Waals surface area contributed by atoms with Crippen molar-refractivity contribution in [2.24, 2.45) is 11.8 Å². The zero-order valence-corrected chi connectivity index (χ0v) is 75.4. The van der Waals surface area contributed by atoms with Crippen molar-refractivity contribution in [1.82, 2.24) is 51.5 Å². The number of benzene rings is 3. The number of urea groups is 1. The van der Waals surface area contributed by atoms with Gasteiger partial charge >= 0.3 is 48.4 Å². The van der Waals surface area contributed by atoms with Crippen molar-refractivity contribution in [3.8, 4) is 0 Å². The number of Topliss-reactive ketones (excluding diaryl/α,β-unsaturated/α-hetero) is 4. The molecule has 3 aromatic carbocycles. The molecule has 0 aliphatic carbocycles. The van der Waals surface area contributed by atoms with Gasteiger partial charge in [-0.3, -0.25) is 57.7 Å². The van der Waals surface area contributed by atoms with Crippen molar-refractivity contribution < 1.29 is 144 Å². The summed E-state index contributed by atoms with van der Waals surface area (Å²) in [5.74, 6) is -9.74. The molecule has 10 N–H and O–H groups in total. The number of carbonyl (C=O) groups is 13. The van der Waals surface area contributed by atoms with Crippen molar-refractivity contribution in [2.75, 3.05) is 92.6 Å². The number of hydrogen-bond donors (Lipinski definition) is 10. The fraction of sp³-hybridized carbons (Fsp3) is 0.605. The van der Waals surface area contributed by atoms with Crippen molar-refractivity contribution in [1.29, 1.82) is 0 Å². The minimum Gasteiger partial charge on any atom is -0.481 e. The van der Waals surface area contributed by atoms with E-state index in [4.69, 9.17) is 28.8 Å². The molecule has 121 heavy (non-hydrogen) atoms. The number of nitrogens with one attached hydrogen (secondary N) is 6. The van der Waals surface area contributed by atoms with Gasteiger partial charge in [-0.05, 0) is 156 Å². The summed E-state index contributed by atoms with van der Waals surface area (Å²) in [4.78, 5) is 228. The van der Waals surface area contributed by atoms with Crippen LogP contribution in [-0.4, -0.2) is 252 Å². The molecule has 1 saturated heterocycles. The van der Waals surface area contributed by atoms with Gasteiger partial charge in [-0.25, -0.2) is 14.4 Å². The second kappa shape index (κ2) is 69.7. The third-order valence-corrected chi connectivity index (χ3v) is 20.8. The first-order chi connectivity index (χ1) is 57.4. The summed E-state index contributed by atoms with van der Waals surface area (Å²) in [7, 11) is 3.94. The predicted octanol–water partition coefficient (Wildman–Crippen LogP) is 6.79. The van der Waals surface area contributed by atoms with Crippen LogP contribution in [0.15, 0.2) is 72.8 Å². The average molecular weight is 1880 g/mol. The molecule has 1 radical (unpaired) electrons. The van der Waals surface area contributed by atoms with Crippen molar-refractivity contribution in [2.45, 2.75) is 231 Å². The molecule has 33 nitrogen and oxygen atoms in total. The number of ketones is 4. The van der Waals surface area contributed by atoms with Gasteiger partial charge in [-0.2, -0.15) is 64.2 Å². The smallest absolute Gasteiger partial charge is 0.373 e. The molecule has 6 amide bonds. The second-order valence-electron chi connectivity index (χ2n) is 30.0. The zero-order chi connectivity index (χ0) is 89.4. The monoisotopic (exact) mass is 1880 g/mol. The van der Waals surface area contributed by atoms with E-state index in [0.717, 1.165) is 53.3 Å². The van der Waals surface area contributed by atoms with Gasteiger partial charge in [0.05, 0.1) is 25.0 Å². The number of carbonyl (C=O) groups excluding carboxylic acids is 15. The zero-order valence-electron chi connectivity index (χ0n) is 70.4. The van der Waals surface area contributed by atoms with E-state index in [2.05, 4.69) is 70.4 Å². The molecule has 6 atom stereocenters. The van der Waals surface area contributed by atoms with Crippen molar-refractivity contribution >= 4 is 118 Å². The summed E-state index contributed by atoms with van der Waals surface area (Å²) in [6, 6.07) is 19.9. The number of halogens is 1. The van der Waals surface area contributed by atoms with Crippen LogP contribution < -0.4 is 31.9 Å². The van der Waals surface area contributed by atoms with Gasteiger partial charge in [0.25, 0.3) is 0 Å². The molecule has 0 bridgehead atoms. The number of carboxylic acid groups (broad SMARTS) is 4. The van der Waals surface area contributed by atoms with Crippen LogP contribution in [-0.2, 0) is 138 Å². The Bertz CT molecular complexity index is 3680. The Morgan fingerprint density at radius 3 is 1.49 bits per heavy atom. The van der Waals surface area contributed by atoms with Gasteiger partial charge in [-0.15, -0.1) is 0 Å². The minimum atomic E-state index is -1.43. The van der Waals surface area contributed by atoms with Crippen molar-refractivity contribution in [3.05, 3.63) is 105 Å². The normalized spacial score (nSPS) is 14.0. The number of likely N-dealkylation sites (N-methyl/N-ethyl adjacent to an activating group) is 2. The molecule has 4 rings (SSSR count). The Morgan fingerprint density at radius 2 is 0.942 bits per heavy atom. The van der Waals surface area contributed by atoms with E-state index < -0.39 is 102 Å². The first-order valence-corrected chi connectivity index (χ1v) is 42.2. The second-order valence-corrected chi connectivity index (χ2v) is 31.2. The SMILES string of the molecule is CCCC(NC(=O)NCCCCCNC(=O)CCCCCCC(=O)CCCCCC(CC(=O)C(Cc1ccccc1)NC(=O)C(CC(=O)CCC(NC(=O)CN1CCN(C)CCN(C)CCN(CC(=O)O)CC1)C(=O)NC(CCCCCC(=O)CCCc1ccc(I)cc1)C(=O)O)Cc1cc[c-]c(C)c1)C(=O)O)C(=O)O.O=C=O.O=C=O.O=C=O.[Y]. The molecule has 3 aromatic rings. The molecule has 1 fully saturated rings. The van der Waals surface area contributed by atoms with Crippen LogP contribution in [0.5, 0.6) is 0 Å². The molecule has 6 unspecified atom stereocenters. The van der Waals surface area contributed by atoms with E-state index in [0.29, 0.717) is 179 Å². The maximum absolute atomic E-state index is 14.9. The van der Waals surface area contributed by atoms with Gasteiger partial charge < -0.3 is 62.1 Å². The summed E-state index contributed by atoms with van der Waals surface area (Å²) in [6.45, 7) is 8.23. The number of unbranched alkanes of at least 4 members (excludes halogenated alkanes) is 9. The Kier molecular flexibility index (Phi) is 64.6. The first kappa shape index (κ1) is 112. The third-order valence-electron chi connectivity index (χ3n) is 20.1. The van der Waals surface area contributed by atoms with Crippen LogP contribution in [0.25, 0.3) is 0 Å². The van der Waals surface area contributed by atoms with Gasteiger partial charge in [0.2, 0.25) is 23.6 Å². The average Bonchev–Trinajstić information content (AvgIpc) is 0.854. The number of rotatable bonds is 56. The number of hydrogen-bond acceptors (Lipinski definition) is 23. The van der Waals surface area contributed by atoms with Crippen LogP contribution in [0.4, 0.5) is 4.79 Å². The van der Waals surface area contributed by atoms with Gasteiger partial charge in [-0.1, -0.05) is 101 Å². The fourth-order valence-electron chi connectivity index (χ4n) is 13.3. The summed E-state index contributed by atoms with van der Waals surface area (Å²) >= 11 is 2.24. The molecule has 35 heteroatoms. The van der Waals surface area contributed by atoms with Gasteiger partial charge in [0.1, 0.15) is 35.5 Å². The first-order valence-electron chi connectivity index (χ1n) is 41.2. The molecular weight excluding hydrogens is 1760 g/mol. The summed E-state index contributed by atoms with van der Waals surface area (Å²) in [5, 5.41) is 56.2. The van der Waals surface area contributed by atoms with Crippen LogP contribution in [0, 0.1) is 28.4 Å². The summed E-state index contributed by atoms with van der Waals surface area (Å²) < 4.78 is 1.13. The van der Waals surface area contributed by atoms with Gasteiger partial charge in [0.15, 0.2) is 5.78 Å². The quantitative estimate of drug-likeness (QED) is 0.0158. The molecular formula is C86H124IN10O23Y-. The van der Waals surface area contributed by atoms with E-state index in [-0.39, 0.29) is 127 Å². The molecule has 0 aromatic heterocycles. The van der Waals surface area contributed by atoms with Gasteiger partial charge in [0, 0.05) is 159 Å². The third kappa shape index (κ3) is 57.2. The Morgan fingerprint density at radius 1 is 0.446 bits per heavy atom. The number of nitrogens with zero attached hydrogens (tertiary/aromatic N) is 4. The fourth-order valence-corrected chi connectivity index (χ4v) is 13.7. The largest absolute Gasteiger partial charge is 0.481 e. The molecule has 1 aliphatic heterocycles. The van der Waals surface area contributed by atoms with Crippen LogP contribution >= 0.6 is 22.6 Å².